The molecule has 2 heteroatoms. The molecule has 3 aromatic rings. The number of fused-ring (bicyclic) bond motifs is 1. The van der Waals surface area contributed by atoms with E-state index in [0.717, 1.165) is 18.0 Å². The lowest BCUT2D eigenvalue weighted by atomic mass is 10.2. The van der Waals surface area contributed by atoms with E-state index in [1.165, 1.54) is 15.6 Å². The molecule has 22 heavy (non-hydrogen) atoms. The molecule has 0 atom stereocenters. The molecular weight excluding hydrogens is 287 g/mol. The molecule has 3 aromatic carbocycles. The van der Waals surface area contributed by atoms with Crippen LogP contribution in [-0.2, 0) is 6.42 Å². The van der Waals surface area contributed by atoms with Gasteiger partial charge in [0.25, 0.3) is 0 Å². The van der Waals surface area contributed by atoms with Crippen molar-refractivity contribution in [2.45, 2.75) is 12.5 Å². The first-order valence-corrected chi connectivity index (χ1v) is 9.92. The van der Waals surface area contributed by atoms with E-state index in [-0.39, 0.29) is 5.82 Å². The second kappa shape index (κ2) is 5.22. The van der Waals surface area contributed by atoms with Gasteiger partial charge in [0.2, 0.25) is 0 Å². The number of rotatable bonds is 2. The summed E-state index contributed by atoms with van der Waals surface area (Å²) in [5.74, 6) is -0.0428. The van der Waals surface area contributed by atoms with Gasteiger partial charge in [-0.25, -0.2) is 4.39 Å². The third-order valence-electron chi connectivity index (χ3n) is 4.86. The summed E-state index contributed by atoms with van der Waals surface area (Å²) in [6, 6.07) is 28.1. The maximum absolute atomic E-state index is 14.3. The molecule has 0 N–H and O–H groups in total. The van der Waals surface area contributed by atoms with Gasteiger partial charge in [-0.3, -0.25) is 0 Å². The number of benzene rings is 3. The van der Waals surface area contributed by atoms with Gasteiger partial charge >= 0.3 is 0 Å². The number of halogens is 1. The molecular formula is C20H17FSi. The zero-order valence-corrected chi connectivity index (χ0v) is 13.3. The van der Waals surface area contributed by atoms with E-state index in [1.807, 2.05) is 6.07 Å². The molecule has 0 nitrogen and oxygen atoms in total. The van der Waals surface area contributed by atoms with Crippen LogP contribution in [0, 0.1) is 5.82 Å². The Bertz CT molecular complexity index is 757. The average Bonchev–Trinajstić information content (AvgIpc) is 2.98. The van der Waals surface area contributed by atoms with Crippen molar-refractivity contribution in [1.29, 1.82) is 0 Å². The van der Waals surface area contributed by atoms with E-state index >= 15 is 0 Å². The van der Waals surface area contributed by atoms with Crippen molar-refractivity contribution in [3.05, 3.63) is 90.2 Å². The summed E-state index contributed by atoms with van der Waals surface area (Å²) in [5.41, 5.74) is 0.932. The Kier molecular flexibility index (Phi) is 3.19. The molecule has 108 valence electrons. The second-order valence-electron chi connectivity index (χ2n) is 5.90. The van der Waals surface area contributed by atoms with Crippen LogP contribution in [0.4, 0.5) is 4.39 Å². The van der Waals surface area contributed by atoms with E-state index in [1.54, 1.807) is 6.07 Å². The summed E-state index contributed by atoms with van der Waals surface area (Å²) in [5, 5.41) is 4.01. The molecule has 0 bridgehead atoms. The van der Waals surface area contributed by atoms with Crippen LogP contribution in [0.3, 0.4) is 0 Å². The molecule has 0 amide bonds. The van der Waals surface area contributed by atoms with Gasteiger partial charge in [0.1, 0.15) is 13.9 Å². The van der Waals surface area contributed by atoms with Crippen LogP contribution in [0.2, 0.25) is 6.04 Å². The fraction of sp³-hybridized carbons (Fsp3) is 0.100. The lowest BCUT2D eigenvalue weighted by molar-refractivity contribution is 0.615. The summed E-state index contributed by atoms with van der Waals surface area (Å²) in [6.07, 6.45) is 0.845. The first kappa shape index (κ1) is 13.5. The van der Waals surface area contributed by atoms with Gasteiger partial charge in [-0.1, -0.05) is 72.8 Å². The van der Waals surface area contributed by atoms with Crippen molar-refractivity contribution in [1.82, 2.24) is 0 Å². The third kappa shape index (κ3) is 1.87. The van der Waals surface area contributed by atoms with Gasteiger partial charge in [-0.15, -0.1) is 0 Å². The highest BCUT2D eigenvalue weighted by atomic mass is 28.3. The van der Waals surface area contributed by atoms with Crippen LogP contribution in [0.1, 0.15) is 5.56 Å². The third-order valence-corrected chi connectivity index (χ3v) is 9.89. The first-order chi connectivity index (χ1) is 10.8. The van der Waals surface area contributed by atoms with Crippen molar-refractivity contribution in [3.63, 3.8) is 0 Å². The molecule has 0 spiro atoms. The molecule has 4 rings (SSSR count). The van der Waals surface area contributed by atoms with Crippen molar-refractivity contribution in [2.75, 3.05) is 0 Å². The standard InChI is InChI=1S/C20H17FSi/c21-19-12-7-13-20-18(19)14-15-22(20,16-8-3-1-4-9-16)17-10-5-2-6-11-17/h1-13H,14-15H2. The van der Waals surface area contributed by atoms with Gasteiger partial charge in [0.05, 0.1) is 0 Å². The SMILES string of the molecule is Fc1cccc2c1CC[Si]2(c1ccccc1)c1ccccc1. The van der Waals surface area contributed by atoms with Crippen LogP contribution in [0.15, 0.2) is 78.9 Å². The lowest BCUT2D eigenvalue weighted by Crippen LogP contribution is -2.65. The minimum Gasteiger partial charge on any atom is -0.207 e. The molecule has 0 saturated heterocycles. The predicted octanol–water partition coefficient (Wildman–Crippen LogP) is 2.85. The summed E-state index contributed by atoms with van der Waals surface area (Å²) < 4.78 is 14.3. The summed E-state index contributed by atoms with van der Waals surface area (Å²) >= 11 is 0. The smallest absolute Gasteiger partial charge is 0.149 e. The van der Waals surface area contributed by atoms with E-state index < -0.39 is 8.07 Å². The minimum absolute atomic E-state index is 0.0428. The Morgan fingerprint density at radius 1 is 0.682 bits per heavy atom. The highest BCUT2D eigenvalue weighted by molar-refractivity contribution is 7.12. The Morgan fingerprint density at radius 2 is 1.27 bits per heavy atom. The molecule has 1 aliphatic heterocycles. The molecule has 0 aliphatic carbocycles. The van der Waals surface area contributed by atoms with E-state index in [0.29, 0.717) is 0 Å². The second-order valence-corrected chi connectivity index (χ2v) is 9.91. The molecule has 0 aromatic heterocycles. The van der Waals surface area contributed by atoms with E-state index in [2.05, 4.69) is 66.7 Å². The largest absolute Gasteiger partial charge is 0.207 e. The Morgan fingerprint density at radius 3 is 1.86 bits per heavy atom. The maximum Gasteiger partial charge on any atom is 0.149 e. The highest BCUT2D eigenvalue weighted by Crippen LogP contribution is 2.25. The fourth-order valence-corrected chi connectivity index (χ4v) is 8.96. The van der Waals surface area contributed by atoms with Crippen molar-refractivity contribution >= 4 is 23.6 Å². The average molecular weight is 304 g/mol. The summed E-state index contributed by atoms with van der Waals surface area (Å²) in [6.45, 7) is 0. The van der Waals surface area contributed by atoms with Gasteiger partial charge in [-0.2, -0.15) is 0 Å². The summed E-state index contributed by atoms with van der Waals surface area (Å²) in [7, 11) is -2.08. The normalized spacial score (nSPS) is 15.5. The lowest BCUT2D eigenvalue weighted by Gasteiger charge is -2.29. The van der Waals surface area contributed by atoms with Crippen molar-refractivity contribution in [2.24, 2.45) is 0 Å². The number of hydrogen-bond acceptors (Lipinski definition) is 0. The van der Waals surface area contributed by atoms with Crippen molar-refractivity contribution in [3.8, 4) is 0 Å². The summed E-state index contributed by atoms with van der Waals surface area (Å²) in [4.78, 5) is 0. The van der Waals surface area contributed by atoms with Crippen LogP contribution in [-0.4, -0.2) is 8.07 Å². The van der Waals surface area contributed by atoms with E-state index in [9.17, 15) is 4.39 Å². The van der Waals surface area contributed by atoms with Crippen LogP contribution >= 0.6 is 0 Å². The van der Waals surface area contributed by atoms with Gasteiger partial charge in [0.15, 0.2) is 0 Å². The molecule has 0 radical (unpaired) electrons. The Hall–Kier alpha value is -2.19. The minimum atomic E-state index is -2.08. The molecule has 1 aliphatic rings. The topological polar surface area (TPSA) is 0 Å². The maximum atomic E-state index is 14.3. The van der Waals surface area contributed by atoms with Crippen molar-refractivity contribution < 1.29 is 4.39 Å². The molecule has 0 saturated carbocycles. The van der Waals surface area contributed by atoms with Crippen LogP contribution < -0.4 is 15.6 Å². The number of hydrogen-bond donors (Lipinski definition) is 0. The predicted molar refractivity (Wildman–Crippen MR) is 92.5 cm³/mol. The van der Waals surface area contributed by atoms with Gasteiger partial charge < -0.3 is 0 Å². The highest BCUT2D eigenvalue weighted by Gasteiger charge is 2.45. The zero-order valence-electron chi connectivity index (χ0n) is 12.3. The zero-order chi connectivity index (χ0) is 15.0. The monoisotopic (exact) mass is 304 g/mol. The van der Waals surface area contributed by atoms with Crippen LogP contribution in [0.25, 0.3) is 0 Å². The Labute approximate surface area is 131 Å². The molecule has 0 fully saturated rings. The van der Waals surface area contributed by atoms with Gasteiger partial charge in [0, 0.05) is 0 Å². The van der Waals surface area contributed by atoms with E-state index in [4.69, 9.17) is 0 Å². The quantitative estimate of drug-likeness (QED) is 0.639. The fourth-order valence-electron chi connectivity index (χ4n) is 3.87. The molecule has 0 unspecified atom stereocenters. The van der Waals surface area contributed by atoms with Gasteiger partial charge in [-0.05, 0) is 39.7 Å². The Balaban J connectivity index is 2.04. The molecule has 1 heterocycles. The first-order valence-electron chi connectivity index (χ1n) is 7.71. The van der Waals surface area contributed by atoms with Crippen LogP contribution in [0.5, 0.6) is 0 Å².